The Hall–Kier alpha value is -8.08. The molecule has 3 heterocycles. The fourth-order valence-electron chi connectivity index (χ4n) is 11.5. The third-order valence-corrected chi connectivity index (χ3v) is 14.5. The van der Waals surface area contributed by atoms with Gasteiger partial charge in [-0.15, -0.1) is 0 Å². The van der Waals surface area contributed by atoms with Gasteiger partial charge in [0.2, 0.25) is 0 Å². The van der Waals surface area contributed by atoms with Crippen LogP contribution in [0.1, 0.15) is 23.6 Å². The smallest absolute Gasteiger partial charge is 0.155 e. The Labute approximate surface area is 369 Å². The standard InChI is InChI=1S/C60H40N4/c1-37-57-58(43-28-27-38-15-8-9-19-41(38)33-43)61-59(40-17-4-2-5-18-40)62-60(37,57)51-25-14-20-42-34-45(30-31-46(42)51)64-52-26-13-12-24-48(52)49-35-50-55(36-54(49)64)63(44-21-6-3-7-22-44)53-32-29-39-16-10-11-23-47(39)56(50)53/h2-37,57H,1H3/t37?,57?,60-/m1/s1. The number of benzene rings is 10. The lowest BCUT2D eigenvalue weighted by Crippen LogP contribution is -2.23. The summed E-state index contributed by atoms with van der Waals surface area (Å²) in [6.45, 7) is 2.36. The lowest BCUT2D eigenvalue weighted by Gasteiger charge is -2.23. The third kappa shape index (κ3) is 4.94. The van der Waals surface area contributed by atoms with Crippen molar-refractivity contribution in [1.82, 2.24) is 9.13 Å². The molecule has 0 saturated heterocycles. The Morgan fingerprint density at radius 3 is 1.95 bits per heavy atom. The minimum absolute atomic E-state index is 0.152. The van der Waals surface area contributed by atoms with Gasteiger partial charge >= 0.3 is 0 Å². The summed E-state index contributed by atoms with van der Waals surface area (Å²) in [7, 11) is 0. The van der Waals surface area contributed by atoms with Crippen LogP contribution in [0.4, 0.5) is 0 Å². The molecule has 12 aromatic rings. The fourth-order valence-corrected chi connectivity index (χ4v) is 11.5. The van der Waals surface area contributed by atoms with Crippen LogP contribution in [0.25, 0.3) is 87.3 Å². The zero-order valence-corrected chi connectivity index (χ0v) is 35.2. The maximum atomic E-state index is 5.67. The van der Waals surface area contributed by atoms with E-state index in [1.54, 1.807) is 0 Å². The number of para-hydroxylation sites is 2. The Bertz CT molecular complexity index is 3980. The van der Waals surface area contributed by atoms with E-state index in [4.69, 9.17) is 9.98 Å². The molecule has 0 bridgehead atoms. The molecule has 4 heteroatoms. The maximum Gasteiger partial charge on any atom is 0.155 e. The average molecular weight is 817 g/mol. The second-order valence-electron chi connectivity index (χ2n) is 17.8. The summed E-state index contributed by atoms with van der Waals surface area (Å²) in [5, 5.41) is 12.5. The number of hydrogen-bond acceptors (Lipinski definition) is 2. The number of fused-ring (bicyclic) bond motifs is 11. The topological polar surface area (TPSA) is 34.6 Å². The molecule has 2 aliphatic rings. The van der Waals surface area contributed by atoms with Crippen LogP contribution in [0.5, 0.6) is 0 Å². The Morgan fingerprint density at radius 2 is 1.09 bits per heavy atom. The van der Waals surface area contributed by atoms with Gasteiger partial charge in [-0.2, -0.15) is 0 Å². The van der Waals surface area contributed by atoms with E-state index in [-0.39, 0.29) is 11.8 Å². The van der Waals surface area contributed by atoms with Gasteiger partial charge in [-0.25, -0.2) is 4.99 Å². The molecule has 4 nitrogen and oxygen atoms in total. The first-order valence-corrected chi connectivity index (χ1v) is 22.4. The number of hydrogen-bond donors (Lipinski definition) is 0. The van der Waals surface area contributed by atoms with Gasteiger partial charge in [0.05, 0.1) is 27.8 Å². The van der Waals surface area contributed by atoms with E-state index in [0.29, 0.717) is 0 Å². The zero-order valence-electron chi connectivity index (χ0n) is 35.2. The van der Waals surface area contributed by atoms with Crippen molar-refractivity contribution in [2.75, 3.05) is 0 Å². The molecule has 0 amide bonds. The van der Waals surface area contributed by atoms with Crippen molar-refractivity contribution < 1.29 is 0 Å². The summed E-state index contributed by atoms with van der Waals surface area (Å²) in [4.78, 5) is 11.1. The van der Waals surface area contributed by atoms with Crippen LogP contribution in [0.2, 0.25) is 0 Å². The van der Waals surface area contributed by atoms with Gasteiger partial charge in [-0.3, -0.25) is 4.99 Å². The molecule has 2 unspecified atom stereocenters. The highest BCUT2D eigenvalue weighted by atomic mass is 15.1. The fraction of sp³-hybridized carbons (Fsp3) is 0.0667. The minimum atomic E-state index is -0.442. The molecular weight excluding hydrogens is 777 g/mol. The molecule has 14 rings (SSSR count). The molecule has 0 radical (unpaired) electrons. The summed E-state index contributed by atoms with van der Waals surface area (Å²) in [6.07, 6.45) is 0. The van der Waals surface area contributed by atoms with E-state index in [0.717, 1.165) is 28.5 Å². The van der Waals surface area contributed by atoms with Gasteiger partial charge in [0.15, 0.2) is 5.84 Å². The van der Waals surface area contributed by atoms with Crippen molar-refractivity contribution in [3.05, 3.63) is 229 Å². The summed E-state index contributed by atoms with van der Waals surface area (Å²) >= 11 is 0. The summed E-state index contributed by atoms with van der Waals surface area (Å²) in [5.74, 6) is 1.22. The summed E-state index contributed by atoms with van der Waals surface area (Å²) in [5.41, 5.74) is 11.2. The Morgan fingerprint density at radius 1 is 0.406 bits per heavy atom. The molecule has 64 heavy (non-hydrogen) atoms. The van der Waals surface area contributed by atoms with Crippen LogP contribution < -0.4 is 0 Å². The van der Waals surface area contributed by atoms with E-state index < -0.39 is 5.54 Å². The monoisotopic (exact) mass is 816 g/mol. The van der Waals surface area contributed by atoms with Crippen molar-refractivity contribution in [3.8, 4) is 11.4 Å². The highest BCUT2D eigenvalue weighted by molar-refractivity contribution is 6.25. The molecule has 1 saturated carbocycles. The first-order chi connectivity index (χ1) is 31.6. The summed E-state index contributed by atoms with van der Waals surface area (Å²) in [6, 6.07) is 77.7. The molecule has 1 aliphatic heterocycles. The number of amidine groups is 1. The van der Waals surface area contributed by atoms with Gasteiger partial charge in [0.25, 0.3) is 0 Å². The molecule has 10 aromatic carbocycles. The predicted molar refractivity (Wildman–Crippen MR) is 268 cm³/mol. The van der Waals surface area contributed by atoms with Crippen LogP contribution in [-0.4, -0.2) is 20.7 Å². The van der Waals surface area contributed by atoms with Gasteiger partial charge in [-0.1, -0.05) is 165 Å². The normalized spacial score (nSPS) is 18.3. The van der Waals surface area contributed by atoms with Crippen molar-refractivity contribution in [2.24, 2.45) is 21.8 Å². The highest BCUT2D eigenvalue weighted by Gasteiger charge is 2.67. The van der Waals surface area contributed by atoms with Crippen LogP contribution >= 0.6 is 0 Å². The van der Waals surface area contributed by atoms with E-state index >= 15 is 0 Å². The largest absolute Gasteiger partial charge is 0.309 e. The molecule has 2 aromatic heterocycles. The lowest BCUT2D eigenvalue weighted by molar-refractivity contribution is 0.662. The quantitative estimate of drug-likeness (QED) is 0.166. The van der Waals surface area contributed by atoms with Crippen molar-refractivity contribution in [3.63, 3.8) is 0 Å². The highest BCUT2D eigenvalue weighted by Crippen LogP contribution is 2.65. The molecule has 300 valence electrons. The second-order valence-corrected chi connectivity index (χ2v) is 17.8. The molecular formula is C60H40N4. The predicted octanol–water partition coefficient (Wildman–Crippen LogP) is 14.8. The number of aromatic nitrogens is 2. The maximum absolute atomic E-state index is 5.67. The van der Waals surface area contributed by atoms with Crippen LogP contribution in [0, 0.1) is 11.8 Å². The molecule has 3 atom stereocenters. The van der Waals surface area contributed by atoms with E-state index in [2.05, 4.69) is 228 Å². The summed E-state index contributed by atoms with van der Waals surface area (Å²) < 4.78 is 4.92. The van der Waals surface area contributed by atoms with Crippen LogP contribution in [0.15, 0.2) is 222 Å². The van der Waals surface area contributed by atoms with Gasteiger partial charge in [-0.05, 0) is 104 Å². The first-order valence-electron chi connectivity index (χ1n) is 22.4. The third-order valence-electron chi connectivity index (χ3n) is 14.5. The number of rotatable bonds is 5. The van der Waals surface area contributed by atoms with E-state index in [1.807, 2.05) is 0 Å². The first kappa shape index (κ1) is 35.5. The van der Waals surface area contributed by atoms with Gasteiger partial charge < -0.3 is 9.13 Å². The Balaban J connectivity index is 0.974. The second kappa shape index (κ2) is 13.2. The van der Waals surface area contributed by atoms with Crippen LogP contribution in [-0.2, 0) is 5.54 Å². The van der Waals surface area contributed by atoms with Crippen molar-refractivity contribution >= 4 is 87.5 Å². The average Bonchev–Trinajstić information content (AvgIpc) is 3.64. The van der Waals surface area contributed by atoms with Crippen molar-refractivity contribution in [2.45, 2.75) is 12.5 Å². The van der Waals surface area contributed by atoms with E-state index in [1.165, 1.54) is 87.1 Å². The SMILES string of the molecule is CC1C2C(c3ccc4ccccc4c3)=NC(c3ccccc3)=N[C@@]12c1cccc2cc(-n3c4ccccc4c4cc5c6c7ccccc7ccc6n(-c6ccccc6)c5cc43)ccc12. The molecule has 0 spiro atoms. The zero-order chi connectivity index (χ0) is 42.1. The number of aliphatic imine (C=N–C) groups is 2. The minimum Gasteiger partial charge on any atom is -0.309 e. The van der Waals surface area contributed by atoms with Gasteiger partial charge in [0.1, 0.15) is 5.54 Å². The van der Waals surface area contributed by atoms with E-state index in [9.17, 15) is 0 Å². The molecule has 1 aliphatic carbocycles. The molecule has 1 fully saturated rings. The van der Waals surface area contributed by atoms with Crippen LogP contribution in [0.3, 0.4) is 0 Å². The molecule has 0 N–H and O–H groups in total. The number of nitrogens with zero attached hydrogens (tertiary/aromatic N) is 4. The van der Waals surface area contributed by atoms with Gasteiger partial charge in [0, 0.05) is 44.4 Å². The Kier molecular flexibility index (Phi) is 7.33. The lowest BCUT2D eigenvalue weighted by atomic mass is 9.91. The van der Waals surface area contributed by atoms with Crippen molar-refractivity contribution in [1.29, 1.82) is 0 Å².